The topological polar surface area (TPSA) is 72.7 Å². The second kappa shape index (κ2) is 9.23. The number of carbonyl (C=O) groups is 1. The lowest BCUT2D eigenvalue weighted by molar-refractivity contribution is -0.115. The molecule has 1 unspecified atom stereocenters. The molecule has 0 radical (unpaired) electrons. The van der Waals surface area contributed by atoms with E-state index >= 15 is 0 Å². The van der Waals surface area contributed by atoms with Gasteiger partial charge in [-0.25, -0.2) is 9.37 Å². The molecule has 0 aliphatic carbocycles. The monoisotopic (exact) mass is 471 g/mol. The van der Waals surface area contributed by atoms with Crippen molar-refractivity contribution in [2.75, 3.05) is 5.32 Å². The average molecular weight is 472 g/mol. The number of benzene rings is 3. The molecule has 0 saturated heterocycles. The van der Waals surface area contributed by atoms with Crippen LogP contribution in [0.2, 0.25) is 0 Å². The lowest BCUT2D eigenvalue weighted by atomic mass is 10.1. The van der Waals surface area contributed by atoms with Crippen LogP contribution in [0.1, 0.15) is 18.1 Å². The van der Waals surface area contributed by atoms with Crippen LogP contribution in [-0.4, -0.2) is 30.9 Å². The Labute approximate surface area is 200 Å². The van der Waals surface area contributed by atoms with Gasteiger partial charge in [-0.15, -0.1) is 10.2 Å². The number of para-hydroxylation sites is 1. The van der Waals surface area contributed by atoms with Gasteiger partial charge in [-0.1, -0.05) is 59.8 Å². The number of nitrogens with zero attached hydrogens (tertiary/aromatic N) is 4. The lowest BCUT2D eigenvalue weighted by Gasteiger charge is -2.11. The minimum absolute atomic E-state index is 0.222. The molecule has 0 fully saturated rings. The number of hydrogen-bond acceptors (Lipinski definition) is 5. The van der Waals surface area contributed by atoms with E-state index in [1.807, 2.05) is 18.2 Å². The highest BCUT2D eigenvalue weighted by atomic mass is 32.2. The van der Waals surface area contributed by atoms with Crippen molar-refractivity contribution in [2.24, 2.45) is 0 Å². The summed E-state index contributed by atoms with van der Waals surface area (Å²) in [5.74, 6) is -0.574. The molecular formula is C26H22FN5OS. The number of rotatable bonds is 6. The summed E-state index contributed by atoms with van der Waals surface area (Å²) in [6, 6.07) is 22.1. The molecule has 1 N–H and O–H groups in total. The van der Waals surface area contributed by atoms with Crippen LogP contribution >= 0.6 is 11.8 Å². The van der Waals surface area contributed by atoms with Crippen molar-refractivity contribution < 1.29 is 9.18 Å². The minimum atomic E-state index is -0.473. The zero-order valence-electron chi connectivity index (χ0n) is 18.7. The number of aromatic nitrogens is 4. The molecule has 2 heterocycles. The van der Waals surface area contributed by atoms with Crippen molar-refractivity contribution in [1.82, 2.24) is 19.7 Å². The summed E-state index contributed by atoms with van der Waals surface area (Å²) >= 11 is 1.23. The molecule has 5 aromatic rings. The van der Waals surface area contributed by atoms with Crippen molar-refractivity contribution in [1.29, 1.82) is 0 Å². The molecular weight excluding hydrogens is 449 g/mol. The Hall–Kier alpha value is -3.78. The van der Waals surface area contributed by atoms with Crippen molar-refractivity contribution in [3.05, 3.63) is 89.7 Å². The summed E-state index contributed by atoms with van der Waals surface area (Å²) in [5.41, 5.74) is 5.39. The summed E-state index contributed by atoms with van der Waals surface area (Å²) in [7, 11) is 0. The van der Waals surface area contributed by atoms with Gasteiger partial charge in [0, 0.05) is 17.6 Å². The Morgan fingerprint density at radius 3 is 2.65 bits per heavy atom. The maximum atomic E-state index is 13.1. The first-order valence-corrected chi connectivity index (χ1v) is 11.8. The van der Waals surface area contributed by atoms with Gasteiger partial charge in [0.05, 0.1) is 10.8 Å². The Bertz CT molecular complexity index is 1500. The number of amides is 1. The Balaban J connectivity index is 1.45. The van der Waals surface area contributed by atoms with Gasteiger partial charge in [-0.2, -0.15) is 0 Å². The third-order valence-corrected chi connectivity index (χ3v) is 6.49. The summed E-state index contributed by atoms with van der Waals surface area (Å²) < 4.78 is 15.3. The third kappa shape index (κ3) is 4.49. The van der Waals surface area contributed by atoms with E-state index in [1.54, 1.807) is 6.92 Å². The van der Waals surface area contributed by atoms with Crippen LogP contribution in [0, 0.1) is 12.7 Å². The Kier molecular flexibility index (Phi) is 5.98. The van der Waals surface area contributed by atoms with Crippen molar-refractivity contribution in [3.8, 4) is 0 Å². The number of anilines is 1. The second-order valence-corrected chi connectivity index (χ2v) is 9.42. The molecule has 3 aromatic carbocycles. The molecule has 0 spiro atoms. The third-order valence-electron chi connectivity index (χ3n) is 5.54. The predicted molar refractivity (Wildman–Crippen MR) is 133 cm³/mol. The molecule has 5 rings (SSSR count). The SMILES string of the molecule is Cc1cccc(Cn2c3ccccc3c3nnc(SC(C)C(=O)Nc4ccc(F)cc4)nc32)c1. The van der Waals surface area contributed by atoms with Crippen LogP contribution in [0.25, 0.3) is 22.1 Å². The molecule has 170 valence electrons. The van der Waals surface area contributed by atoms with Gasteiger partial charge >= 0.3 is 0 Å². The van der Waals surface area contributed by atoms with Crippen molar-refractivity contribution in [2.45, 2.75) is 30.8 Å². The van der Waals surface area contributed by atoms with E-state index in [0.717, 1.165) is 22.1 Å². The molecule has 34 heavy (non-hydrogen) atoms. The summed E-state index contributed by atoms with van der Waals surface area (Å²) in [6.07, 6.45) is 0. The zero-order chi connectivity index (χ0) is 23.7. The van der Waals surface area contributed by atoms with Gasteiger partial charge in [0.1, 0.15) is 11.3 Å². The number of halogens is 1. The average Bonchev–Trinajstić information content (AvgIpc) is 3.13. The van der Waals surface area contributed by atoms with Crippen molar-refractivity contribution >= 4 is 45.4 Å². The largest absolute Gasteiger partial charge is 0.325 e. The van der Waals surface area contributed by atoms with E-state index in [-0.39, 0.29) is 11.7 Å². The van der Waals surface area contributed by atoms with Crippen LogP contribution in [0.5, 0.6) is 0 Å². The normalized spacial score (nSPS) is 12.2. The highest BCUT2D eigenvalue weighted by Gasteiger charge is 2.19. The first-order valence-electron chi connectivity index (χ1n) is 10.9. The van der Waals surface area contributed by atoms with Gasteiger partial charge in [0.15, 0.2) is 5.65 Å². The maximum absolute atomic E-state index is 13.1. The van der Waals surface area contributed by atoms with Crippen molar-refractivity contribution in [3.63, 3.8) is 0 Å². The van der Waals surface area contributed by atoms with Gasteiger partial charge in [0.2, 0.25) is 11.1 Å². The fraction of sp³-hybridized carbons (Fsp3) is 0.154. The molecule has 2 aromatic heterocycles. The number of nitrogens with one attached hydrogen (secondary N) is 1. The predicted octanol–water partition coefficient (Wildman–Crippen LogP) is 5.59. The van der Waals surface area contributed by atoms with E-state index in [4.69, 9.17) is 4.98 Å². The van der Waals surface area contributed by atoms with Crippen LogP contribution in [0.3, 0.4) is 0 Å². The number of thioether (sulfide) groups is 1. The summed E-state index contributed by atoms with van der Waals surface area (Å²) in [5, 5.41) is 12.5. The Morgan fingerprint density at radius 1 is 1.06 bits per heavy atom. The Morgan fingerprint density at radius 2 is 1.85 bits per heavy atom. The standard InChI is InChI=1S/C26H22FN5OS/c1-16-6-5-7-18(14-16)15-32-22-9-4-3-8-21(22)23-24(32)29-26(31-30-23)34-17(2)25(33)28-20-12-10-19(27)11-13-20/h3-14,17H,15H2,1-2H3,(H,28,33). The van der Waals surface area contributed by atoms with Gasteiger partial charge in [-0.3, -0.25) is 4.79 Å². The molecule has 6 nitrogen and oxygen atoms in total. The lowest BCUT2D eigenvalue weighted by Crippen LogP contribution is -2.22. The molecule has 0 aliphatic rings. The number of carbonyl (C=O) groups excluding carboxylic acids is 1. The quantitative estimate of drug-likeness (QED) is 0.327. The minimum Gasteiger partial charge on any atom is -0.325 e. The first kappa shape index (κ1) is 22.0. The van der Waals surface area contributed by atoms with E-state index in [0.29, 0.717) is 17.4 Å². The summed E-state index contributed by atoms with van der Waals surface area (Å²) in [6.45, 7) is 4.50. The molecule has 1 atom stereocenters. The first-order chi connectivity index (χ1) is 16.5. The smallest absolute Gasteiger partial charge is 0.237 e. The van der Waals surface area contributed by atoms with Crippen LogP contribution in [0.4, 0.5) is 10.1 Å². The molecule has 8 heteroatoms. The van der Waals surface area contributed by atoms with E-state index in [1.165, 1.54) is 47.2 Å². The van der Waals surface area contributed by atoms with Gasteiger partial charge in [0.25, 0.3) is 0 Å². The zero-order valence-corrected chi connectivity index (χ0v) is 19.5. The highest BCUT2D eigenvalue weighted by Crippen LogP contribution is 2.29. The number of fused-ring (bicyclic) bond motifs is 3. The molecule has 0 saturated carbocycles. The van der Waals surface area contributed by atoms with E-state index in [9.17, 15) is 9.18 Å². The molecule has 1 amide bonds. The molecule has 0 bridgehead atoms. The highest BCUT2D eigenvalue weighted by molar-refractivity contribution is 8.00. The number of aryl methyl sites for hydroxylation is 1. The van der Waals surface area contributed by atoms with E-state index in [2.05, 4.69) is 57.3 Å². The van der Waals surface area contributed by atoms with Gasteiger partial charge < -0.3 is 9.88 Å². The number of hydrogen-bond donors (Lipinski definition) is 1. The van der Waals surface area contributed by atoms with Crippen LogP contribution in [-0.2, 0) is 11.3 Å². The van der Waals surface area contributed by atoms with Crippen LogP contribution < -0.4 is 5.32 Å². The molecule has 0 aliphatic heterocycles. The fourth-order valence-electron chi connectivity index (χ4n) is 3.88. The second-order valence-electron chi connectivity index (χ2n) is 8.12. The van der Waals surface area contributed by atoms with Crippen LogP contribution in [0.15, 0.2) is 78.0 Å². The van der Waals surface area contributed by atoms with Gasteiger partial charge in [-0.05, 0) is 49.7 Å². The van der Waals surface area contributed by atoms with E-state index < -0.39 is 5.25 Å². The maximum Gasteiger partial charge on any atom is 0.237 e. The fourth-order valence-corrected chi connectivity index (χ4v) is 4.59. The summed E-state index contributed by atoms with van der Waals surface area (Å²) in [4.78, 5) is 17.4.